The molecule has 0 saturated heterocycles. The molecule has 0 amide bonds. The number of rotatable bonds is 3. The molecule has 0 radical (unpaired) electrons. The highest BCUT2D eigenvalue weighted by Gasteiger charge is 2.26. The Bertz CT molecular complexity index is 398. The van der Waals surface area contributed by atoms with Gasteiger partial charge in [-0.15, -0.1) is 0 Å². The Balaban J connectivity index is 2.35. The van der Waals surface area contributed by atoms with Crippen molar-refractivity contribution < 1.29 is 4.74 Å². The topological polar surface area (TPSA) is 61.0 Å². The highest BCUT2D eigenvalue weighted by atomic mass is 16.5. The first kappa shape index (κ1) is 12.3. The largest absolute Gasteiger partial charge is 0.384 e. The van der Waals surface area contributed by atoms with Crippen molar-refractivity contribution in [1.29, 1.82) is 0 Å². The van der Waals surface area contributed by atoms with E-state index < -0.39 is 5.60 Å². The maximum Gasteiger partial charge on any atom is 0.162 e. The minimum Gasteiger partial charge on any atom is -0.384 e. The Hall–Kier alpha value is -1.16. The van der Waals surface area contributed by atoms with E-state index in [4.69, 9.17) is 10.5 Å². The molecular formula is C13H21N3O. The van der Waals surface area contributed by atoms with Crippen molar-refractivity contribution in [3.8, 4) is 0 Å². The van der Waals surface area contributed by atoms with Crippen LogP contribution in [0, 0.1) is 0 Å². The van der Waals surface area contributed by atoms with Crippen LogP contribution in [0.3, 0.4) is 0 Å². The van der Waals surface area contributed by atoms with E-state index in [0.717, 1.165) is 5.69 Å². The van der Waals surface area contributed by atoms with Crippen LogP contribution in [0.25, 0.3) is 0 Å². The Labute approximate surface area is 103 Å². The summed E-state index contributed by atoms with van der Waals surface area (Å²) >= 11 is 0. The van der Waals surface area contributed by atoms with Crippen LogP contribution in [0.5, 0.6) is 0 Å². The van der Waals surface area contributed by atoms with Gasteiger partial charge in [-0.25, -0.2) is 9.97 Å². The molecule has 0 bridgehead atoms. The summed E-state index contributed by atoms with van der Waals surface area (Å²) in [5.41, 5.74) is 6.47. The lowest BCUT2D eigenvalue weighted by Gasteiger charge is -2.22. The molecule has 17 heavy (non-hydrogen) atoms. The number of hydrogen-bond acceptors (Lipinski definition) is 4. The van der Waals surface area contributed by atoms with Crippen molar-refractivity contribution >= 4 is 5.82 Å². The van der Waals surface area contributed by atoms with Crippen LogP contribution in [0.15, 0.2) is 6.07 Å². The molecule has 1 aromatic rings. The Morgan fingerprint density at radius 1 is 1.29 bits per heavy atom. The number of aromatic nitrogens is 2. The summed E-state index contributed by atoms with van der Waals surface area (Å²) in [5, 5.41) is 0. The zero-order valence-electron chi connectivity index (χ0n) is 10.9. The SMILES string of the molecule is COC(C)(C)c1nc(N)cc(C2CCCC2)n1. The monoisotopic (exact) mass is 235 g/mol. The third-order valence-electron chi connectivity index (χ3n) is 3.59. The van der Waals surface area contributed by atoms with E-state index in [0.29, 0.717) is 17.6 Å². The lowest BCUT2D eigenvalue weighted by molar-refractivity contribution is 0.0113. The normalized spacial score (nSPS) is 17.6. The summed E-state index contributed by atoms with van der Waals surface area (Å²) in [7, 11) is 1.67. The molecule has 0 aromatic carbocycles. The summed E-state index contributed by atoms with van der Waals surface area (Å²) in [5.74, 6) is 1.77. The average molecular weight is 235 g/mol. The van der Waals surface area contributed by atoms with Gasteiger partial charge in [-0.1, -0.05) is 12.8 Å². The molecular weight excluding hydrogens is 214 g/mol. The van der Waals surface area contributed by atoms with Crippen molar-refractivity contribution in [3.63, 3.8) is 0 Å². The fourth-order valence-electron chi connectivity index (χ4n) is 2.28. The molecule has 4 nitrogen and oxygen atoms in total. The van der Waals surface area contributed by atoms with Crippen LogP contribution in [-0.4, -0.2) is 17.1 Å². The van der Waals surface area contributed by atoms with Gasteiger partial charge in [0, 0.05) is 24.8 Å². The van der Waals surface area contributed by atoms with Gasteiger partial charge >= 0.3 is 0 Å². The summed E-state index contributed by atoms with van der Waals surface area (Å²) < 4.78 is 5.42. The molecule has 2 rings (SSSR count). The fourth-order valence-corrected chi connectivity index (χ4v) is 2.28. The predicted octanol–water partition coefficient (Wildman–Crippen LogP) is 2.60. The fraction of sp³-hybridized carbons (Fsp3) is 0.692. The third kappa shape index (κ3) is 2.57. The van der Waals surface area contributed by atoms with Gasteiger partial charge in [0.2, 0.25) is 0 Å². The van der Waals surface area contributed by atoms with E-state index in [-0.39, 0.29) is 0 Å². The second-order valence-corrected chi connectivity index (χ2v) is 5.24. The van der Waals surface area contributed by atoms with Gasteiger partial charge in [-0.2, -0.15) is 0 Å². The van der Waals surface area contributed by atoms with Gasteiger partial charge in [0.1, 0.15) is 11.4 Å². The van der Waals surface area contributed by atoms with Crippen LogP contribution < -0.4 is 5.73 Å². The van der Waals surface area contributed by atoms with Crippen molar-refractivity contribution in [2.24, 2.45) is 0 Å². The first-order valence-corrected chi connectivity index (χ1v) is 6.23. The molecule has 2 N–H and O–H groups in total. The molecule has 1 aliphatic rings. The minimum atomic E-state index is -0.483. The van der Waals surface area contributed by atoms with Gasteiger partial charge < -0.3 is 10.5 Å². The highest BCUT2D eigenvalue weighted by Crippen LogP contribution is 2.34. The first-order chi connectivity index (χ1) is 8.03. The van der Waals surface area contributed by atoms with Gasteiger partial charge in [-0.3, -0.25) is 0 Å². The number of nitrogens with zero attached hydrogens (tertiary/aromatic N) is 2. The summed E-state index contributed by atoms with van der Waals surface area (Å²) in [6.07, 6.45) is 5.00. The molecule has 0 aliphatic heterocycles. The van der Waals surface area contributed by atoms with Crippen LogP contribution in [0.1, 0.15) is 57.0 Å². The van der Waals surface area contributed by atoms with Gasteiger partial charge in [0.25, 0.3) is 0 Å². The van der Waals surface area contributed by atoms with E-state index in [1.807, 2.05) is 19.9 Å². The zero-order chi connectivity index (χ0) is 12.5. The second-order valence-electron chi connectivity index (χ2n) is 5.24. The molecule has 1 aromatic heterocycles. The zero-order valence-corrected chi connectivity index (χ0v) is 10.9. The predicted molar refractivity (Wildman–Crippen MR) is 67.7 cm³/mol. The molecule has 0 spiro atoms. The third-order valence-corrected chi connectivity index (χ3v) is 3.59. The molecule has 0 atom stereocenters. The average Bonchev–Trinajstić information content (AvgIpc) is 2.81. The van der Waals surface area contributed by atoms with E-state index in [1.165, 1.54) is 25.7 Å². The number of methoxy groups -OCH3 is 1. The van der Waals surface area contributed by atoms with Crippen LogP contribution in [0.2, 0.25) is 0 Å². The Morgan fingerprint density at radius 3 is 2.53 bits per heavy atom. The van der Waals surface area contributed by atoms with Crippen molar-refractivity contribution in [3.05, 3.63) is 17.6 Å². The van der Waals surface area contributed by atoms with Gasteiger partial charge in [0.05, 0.1) is 0 Å². The Kier molecular flexibility index (Phi) is 3.33. The molecule has 1 fully saturated rings. The number of hydrogen-bond donors (Lipinski definition) is 1. The first-order valence-electron chi connectivity index (χ1n) is 6.23. The van der Waals surface area contributed by atoms with Crippen molar-refractivity contribution in [1.82, 2.24) is 9.97 Å². The molecule has 1 heterocycles. The smallest absolute Gasteiger partial charge is 0.162 e. The quantitative estimate of drug-likeness (QED) is 0.874. The second kappa shape index (κ2) is 4.61. The summed E-state index contributed by atoms with van der Waals surface area (Å²) in [6.45, 7) is 3.92. The maximum atomic E-state index is 5.87. The summed E-state index contributed by atoms with van der Waals surface area (Å²) in [4.78, 5) is 8.93. The van der Waals surface area contributed by atoms with Crippen LogP contribution in [-0.2, 0) is 10.3 Å². The van der Waals surface area contributed by atoms with Gasteiger partial charge in [0.15, 0.2) is 5.82 Å². The number of anilines is 1. The lowest BCUT2D eigenvalue weighted by atomic mass is 10.0. The summed E-state index contributed by atoms with van der Waals surface area (Å²) in [6, 6.07) is 1.91. The van der Waals surface area contributed by atoms with E-state index in [2.05, 4.69) is 9.97 Å². The van der Waals surface area contributed by atoms with Crippen molar-refractivity contribution in [2.75, 3.05) is 12.8 Å². The van der Waals surface area contributed by atoms with E-state index in [1.54, 1.807) is 7.11 Å². The molecule has 0 unspecified atom stereocenters. The number of ether oxygens (including phenoxy) is 1. The molecule has 4 heteroatoms. The highest BCUT2D eigenvalue weighted by molar-refractivity contribution is 5.32. The molecule has 1 aliphatic carbocycles. The molecule has 1 saturated carbocycles. The lowest BCUT2D eigenvalue weighted by Crippen LogP contribution is -2.24. The number of nitrogens with two attached hydrogens (primary N) is 1. The van der Waals surface area contributed by atoms with E-state index >= 15 is 0 Å². The van der Waals surface area contributed by atoms with Crippen molar-refractivity contribution in [2.45, 2.75) is 51.0 Å². The van der Waals surface area contributed by atoms with Crippen LogP contribution in [0.4, 0.5) is 5.82 Å². The molecule has 94 valence electrons. The van der Waals surface area contributed by atoms with E-state index in [9.17, 15) is 0 Å². The number of nitrogen functional groups attached to an aromatic ring is 1. The standard InChI is InChI=1S/C13H21N3O/c1-13(2,17-3)12-15-10(8-11(14)16-12)9-6-4-5-7-9/h8-9H,4-7H2,1-3H3,(H2,14,15,16). The minimum absolute atomic E-state index is 0.483. The Morgan fingerprint density at radius 2 is 1.94 bits per heavy atom. The van der Waals surface area contributed by atoms with Crippen LogP contribution >= 0.6 is 0 Å². The maximum absolute atomic E-state index is 5.87. The van der Waals surface area contributed by atoms with Gasteiger partial charge in [-0.05, 0) is 26.7 Å².